The summed E-state index contributed by atoms with van der Waals surface area (Å²) in [6.45, 7) is 1.06. The predicted molar refractivity (Wildman–Crippen MR) is 113 cm³/mol. The Morgan fingerprint density at radius 2 is 1.72 bits per heavy atom. The van der Waals surface area contributed by atoms with Crippen molar-refractivity contribution < 1.29 is 18.1 Å². The Morgan fingerprint density at radius 3 is 2.41 bits per heavy atom. The lowest BCUT2D eigenvalue weighted by atomic mass is 10.1. The van der Waals surface area contributed by atoms with E-state index in [-0.39, 0.29) is 11.4 Å². The molecule has 0 aliphatic heterocycles. The fraction of sp³-hybridized carbons (Fsp3) is 0.150. The number of carbonyl (C=O) groups is 1. The maximum Gasteiger partial charge on any atom is 0.274 e. The standard InChI is InChI=1S/C20H19N3O5S/c1-14-17(10-6-11-18(14)23(25)26)21-20(24)13-22(29(2,27)28)19-12-5-8-15-7-3-4-9-16(15)19/h3-12H,13H2,1-2H3,(H,21,24). The molecule has 0 radical (unpaired) electrons. The van der Waals surface area contributed by atoms with Crippen LogP contribution in [0.15, 0.2) is 60.7 Å². The van der Waals surface area contributed by atoms with Gasteiger partial charge in [0, 0.05) is 11.5 Å². The molecule has 8 nitrogen and oxygen atoms in total. The number of fused-ring (bicyclic) bond motifs is 1. The number of nitrogens with zero attached hydrogens (tertiary/aromatic N) is 2. The predicted octanol–water partition coefficient (Wildman–Crippen LogP) is 3.46. The van der Waals surface area contributed by atoms with E-state index in [1.807, 2.05) is 18.2 Å². The number of hydrogen-bond acceptors (Lipinski definition) is 5. The molecule has 0 heterocycles. The average Bonchev–Trinajstić information content (AvgIpc) is 2.66. The van der Waals surface area contributed by atoms with E-state index in [0.717, 1.165) is 15.9 Å². The number of nitrogens with one attached hydrogen (secondary N) is 1. The minimum absolute atomic E-state index is 0.128. The number of anilines is 2. The van der Waals surface area contributed by atoms with Gasteiger partial charge in [0.1, 0.15) is 6.54 Å². The normalized spacial score (nSPS) is 11.2. The third-order valence-corrected chi connectivity index (χ3v) is 5.63. The van der Waals surface area contributed by atoms with Crippen molar-refractivity contribution in [3.63, 3.8) is 0 Å². The van der Waals surface area contributed by atoms with Crippen molar-refractivity contribution in [2.45, 2.75) is 6.92 Å². The van der Waals surface area contributed by atoms with E-state index < -0.39 is 27.4 Å². The lowest BCUT2D eigenvalue weighted by Gasteiger charge is -2.23. The first-order valence-corrected chi connectivity index (χ1v) is 10.5. The molecule has 1 N–H and O–H groups in total. The molecule has 0 spiro atoms. The van der Waals surface area contributed by atoms with Gasteiger partial charge >= 0.3 is 0 Å². The van der Waals surface area contributed by atoms with Crippen LogP contribution in [-0.4, -0.2) is 32.0 Å². The highest BCUT2D eigenvalue weighted by molar-refractivity contribution is 7.92. The van der Waals surface area contributed by atoms with E-state index in [1.54, 1.807) is 24.3 Å². The highest BCUT2D eigenvalue weighted by Crippen LogP contribution is 2.29. The maximum atomic E-state index is 12.6. The minimum Gasteiger partial charge on any atom is -0.324 e. The number of amides is 1. The summed E-state index contributed by atoms with van der Waals surface area (Å²) in [7, 11) is -3.76. The third-order valence-electron chi connectivity index (χ3n) is 4.50. The Hall–Kier alpha value is -3.46. The zero-order valence-electron chi connectivity index (χ0n) is 15.8. The zero-order valence-corrected chi connectivity index (χ0v) is 16.6. The first-order chi connectivity index (χ1) is 13.7. The van der Waals surface area contributed by atoms with Crippen molar-refractivity contribution in [1.29, 1.82) is 0 Å². The molecule has 0 saturated heterocycles. The van der Waals surface area contributed by atoms with Gasteiger partial charge in [0.2, 0.25) is 15.9 Å². The quantitative estimate of drug-likeness (QED) is 0.492. The van der Waals surface area contributed by atoms with Crippen molar-refractivity contribution in [1.82, 2.24) is 0 Å². The average molecular weight is 413 g/mol. The molecule has 150 valence electrons. The number of rotatable bonds is 6. The summed E-state index contributed by atoms with van der Waals surface area (Å²) in [5.41, 5.74) is 0.811. The summed E-state index contributed by atoms with van der Waals surface area (Å²) in [5.74, 6) is -0.605. The molecule has 3 aromatic carbocycles. The van der Waals surface area contributed by atoms with Crippen LogP contribution in [0.25, 0.3) is 10.8 Å². The van der Waals surface area contributed by atoms with Gasteiger partial charge < -0.3 is 5.32 Å². The van der Waals surface area contributed by atoms with Crippen molar-refractivity contribution in [2.75, 3.05) is 22.4 Å². The van der Waals surface area contributed by atoms with Crippen LogP contribution in [0.5, 0.6) is 0 Å². The number of hydrogen-bond donors (Lipinski definition) is 1. The van der Waals surface area contributed by atoms with Crippen LogP contribution in [0.4, 0.5) is 17.1 Å². The van der Waals surface area contributed by atoms with Gasteiger partial charge in [-0.3, -0.25) is 19.2 Å². The summed E-state index contributed by atoms with van der Waals surface area (Å²) in [6, 6.07) is 16.8. The van der Waals surface area contributed by atoms with E-state index in [2.05, 4.69) is 5.32 Å². The topological polar surface area (TPSA) is 110 Å². The molecule has 1 amide bonds. The molecular formula is C20H19N3O5S. The number of sulfonamides is 1. The van der Waals surface area contributed by atoms with Crippen LogP contribution in [-0.2, 0) is 14.8 Å². The molecule has 3 rings (SSSR count). The molecule has 0 aromatic heterocycles. The Morgan fingerprint density at radius 1 is 1.07 bits per heavy atom. The summed E-state index contributed by atoms with van der Waals surface area (Å²) >= 11 is 0. The Labute approximate surface area is 168 Å². The molecule has 3 aromatic rings. The molecule has 0 bridgehead atoms. The van der Waals surface area contributed by atoms with Crippen molar-refractivity contribution in [2.24, 2.45) is 0 Å². The molecule has 0 atom stereocenters. The van der Waals surface area contributed by atoms with Crippen molar-refractivity contribution in [3.05, 3.63) is 76.3 Å². The number of nitro groups is 1. The number of carbonyl (C=O) groups excluding carboxylic acids is 1. The number of benzene rings is 3. The van der Waals surface area contributed by atoms with Crippen LogP contribution in [0.1, 0.15) is 5.56 Å². The van der Waals surface area contributed by atoms with Gasteiger partial charge in [-0.2, -0.15) is 0 Å². The van der Waals surface area contributed by atoms with E-state index in [9.17, 15) is 23.3 Å². The SMILES string of the molecule is Cc1c(NC(=O)CN(c2cccc3ccccc23)S(C)(=O)=O)cccc1[N+](=O)[O-]. The third kappa shape index (κ3) is 4.35. The summed E-state index contributed by atoms with van der Waals surface area (Å²) in [4.78, 5) is 23.2. The molecular weight excluding hydrogens is 394 g/mol. The molecule has 0 unspecified atom stereocenters. The van der Waals surface area contributed by atoms with Gasteiger partial charge in [-0.25, -0.2) is 8.42 Å². The monoisotopic (exact) mass is 413 g/mol. The maximum absolute atomic E-state index is 12.6. The highest BCUT2D eigenvalue weighted by atomic mass is 32.2. The summed E-state index contributed by atoms with van der Waals surface area (Å²) < 4.78 is 25.9. The highest BCUT2D eigenvalue weighted by Gasteiger charge is 2.23. The van der Waals surface area contributed by atoms with Gasteiger partial charge in [-0.1, -0.05) is 42.5 Å². The second-order valence-electron chi connectivity index (χ2n) is 6.52. The van der Waals surface area contributed by atoms with Crippen LogP contribution < -0.4 is 9.62 Å². The van der Waals surface area contributed by atoms with E-state index in [1.165, 1.54) is 25.1 Å². The second-order valence-corrected chi connectivity index (χ2v) is 8.43. The van der Waals surface area contributed by atoms with E-state index in [4.69, 9.17) is 0 Å². The van der Waals surface area contributed by atoms with E-state index in [0.29, 0.717) is 16.6 Å². The van der Waals surface area contributed by atoms with Gasteiger partial charge in [-0.05, 0) is 24.4 Å². The molecule has 9 heteroatoms. The first-order valence-electron chi connectivity index (χ1n) is 8.68. The van der Waals surface area contributed by atoms with E-state index >= 15 is 0 Å². The van der Waals surface area contributed by atoms with Crippen LogP contribution >= 0.6 is 0 Å². The largest absolute Gasteiger partial charge is 0.324 e. The van der Waals surface area contributed by atoms with Crippen molar-refractivity contribution >= 4 is 43.8 Å². The fourth-order valence-electron chi connectivity index (χ4n) is 3.08. The summed E-state index contributed by atoms with van der Waals surface area (Å²) in [6.07, 6.45) is 1.03. The van der Waals surface area contributed by atoms with Crippen molar-refractivity contribution in [3.8, 4) is 0 Å². The first kappa shape index (κ1) is 20.3. The Bertz CT molecular complexity index is 1200. The van der Waals surface area contributed by atoms with Gasteiger partial charge in [0.05, 0.1) is 28.1 Å². The van der Waals surface area contributed by atoms with Crippen LogP contribution in [0, 0.1) is 17.0 Å². The van der Waals surface area contributed by atoms with Gasteiger partial charge in [0.25, 0.3) is 5.69 Å². The Balaban J connectivity index is 1.94. The van der Waals surface area contributed by atoms with Gasteiger partial charge in [0.15, 0.2) is 0 Å². The summed E-state index contributed by atoms with van der Waals surface area (Å²) in [5, 5.41) is 15.2. The molecule has 29 heavy (non-hydrogen) atoms. The molecule has 0 saturated carbocycles. The van der Waals surface area contributed by atoms with Gasteiger partial charge in [-0.15, -0.1) is 0 Å². The zero-order chi connectivity index (χ0) is 21.2. The number of nitro benzene ring substituents is 1. The van der Waals surface area contributed by atoms with Crippen LogP contribution in [0.3, 0.4) is 0 Å². The lowest BCUT2D eigenvalue weighted by Crippen LogP contribution is -2.37. The van der Waals surface area contributed by atoms with Crippen LogP contribution in [0.2, 0.25) is 0 Å². The minimum atomic E-state index is -3.76. The second kappa shape index (κ2) is 7.88. The smallest absolute Gasteiger partial charge is 0.274 e. The molecule has 0 aliphatic carbocycles. The fourth-order valence-corrected chi connectivity index (χ4v) is 3.95. The molecule has 0 fully saturated rings. The Kier molecular flexibility index (Phi) is 5.51. The molecule has 0 aliphatic rings. The lowest BCUT2D eigenvalue weighted by molar-refractivity contribution is -0.385.